The van der Waals surface area contributed by atoms with Gasteiger partial charge in [-0.05, 0) is 48.7 Å². The van der Waals surface area contributed by atoms with Crippen LogP contribution in [0.1, 0.15) is 11.1 Å². The minimum Gasteiger partial charge on any atom is -0.395 e. The Balaban J connectivity index is 1.75. The average Bonchev–Trinajstić information content (AvgIpc) is 3.17. The van der Waals surface area contributed by atoms with Crippen LogP contribution in [0.5, 0.6) is 0 Å². The summed E-state index contributed by atoms with van der Waals surface area (Å²) in [6.45, 7) is 6.03. The fourth-order valence-corrected chi connectivity index (χ4v) is 4.47. The van der Waals surface area contributed by atoms with Crippen molar-refractivity contribution in [2.24, 2.45) is 0 Å². The molecule has 5 heteroatoms. The van der Waals surface area contributed by atoms with Crippen LogP contribution in [0.4, 0.5) is 0 Å². The molecule has 1 aliphatic heterocycles. The molecule has 1 N–H and O–H groups in total. The second-order valence-corrected chi connectivity index (χ2v) is 8.19. The lowest BCUT2D eigenvalue weighted by molar-refractivity contribution is 0.0459. The number of aromatic nitrogens is 1. The molecule has 3 aromatic rings. The Morgan fingerprint density at radius 1 is 1.23 bits per heavy atom. The summed E-state index contributed by atoms with van der Waals surface area (Å²) < 4.78 is 0. The number of aryl methyl sites for hydroxylation is 1. The Morgan fingerprint density at radius 2 is 2.12 bits per heavy atom. The first-order valence-electron chi connectivity index (χ1n) is 9.11. The number of nitrogens with zero attached hydrogens (tertiary/aromatic N) is 3. The second-order valence-electron chi connectivity index (χ2n) is 7.24. The van der Waals surface area contributed by atoms with Crippen LogP contribution in [0.25, 0.3) is 21.5 Å². The summed E-state index contributed by atoms with van der Waals surface area (Å²) in [7, 11) is 2.12. The zero-order chi connectivity index (χ0) is 18.1. The third kappa shape index (κ3) is 3.53. The van der Waals surface area contributed by atoms with Gasteiger partial charge in [0.2, 0.25) is 0 Å². The van der Waals surface area contributed by atoms with E-state index < -0.39 is 0 Å². The van der Waals surface area contributed by atoms with Crippen LogP contribution < -0.4 is 0 Å². The molecule has 4 nitrogen and oxygen atoms in total. The normalized spacial score (nSPS) is 19.3. The number of likely N-dealkylation sites (N-methyl/N-ethyl adjacent to an activating group) is 1. The van der Waals surface area contributed by atoms with Gasteiger partial charge in [-0.15, -0.1) is 11.3 Å². The Labute approximate surface area is 158 Å². The molecule has 1 aromatic carbocycles. The van der Waals surface area contributed by atoms with E-state index in [2.05, 4.69) is 65.5 Å². The maximum atomic E-state index is 9.83. The lowest BCUT2D eigenvalue weighted by Crippen LogP contribution is -2.52. The lowest BCUT2D eigenvalue weighted by atomic mass is 10.0. The molecule has 0 radical (unpaired) electrons. The van der Waals surface area contributed by atoms with Crippen LogP contribution in [0.15, 0.2) is 41.8 Å². The number of fused-ring (bicyclic) bond motifs is 1. The van der Waals surface area contributed by atoms with Crippen molar-refractivity contribution in [1.82, 2.24) is 14.8 Å². The van der Waals surface area contributed by atoms with Gasteiger partial charge in [0.15, 0.2) is 0 Å². The maximum absolute atomic E-state index is 9.83. The highest BCUT2D eigenvalue weighted by Gasteiger charge is 2.25. The molecule has 0 aliphatic carbocycles. The van der Waals surface area contributed by atoms with Gasteiger partial charge in [0, 0.05) is 37.6 Å². The fourth-order valence-electron chi connectivity index (χ4n) is 3.72. The van der Waals surface area contributed by atoms with Gasteiger partial charge < -0.3 is 10.0 Å². The molecule has 136 valence electrons. The van der Waals surface area contributed by atoms with Gasteiger partial charge in [0.1, 0.15) is 0 Å². The van der Waals surface area contributed by atoms with Gasteiger partial charge in [-0.25, -0.2) is 4.98 Å². The molecule has 3 heterocycles. The minimum atomic E-state index is 0.179. The summed E-state index contributed by atoms with van der Waals surface area (Å²) in [5, 5.41) is 13.1. The molecule has 1 unspecified atom stereocenters. The Bertz CT molecular complexity index is 894. The molecule has 1 aliphatic rings. The molecule has 0 amide bonds. The number of hydrogen-bond acceptors (Lipinski definition) is 5. The van der Waals surface area contributed by atoms with E-state index in [0.29, 0.717) is 0 Å². The Kier molecular flexibility index (Phi) is 5.05. The maximum Gasteiger partial charge on any atom is 0.0854 e. The van der Waals surface area contributed by atoms with Gasteiger partial charge in [-0.2, -0.15) is 0 Å². The molecular formula is C21H25N3OS. The molecule has 1 saturated heterocycles. The molecule has 0 bridgehead atoms. The van der Waals surface area contributed by atoms with Crippen LogP contribution in [0.3, 0.4) is 0 Å². The molecule has 26 heavy (non-hydrogen) atoms. The second kappa shape index (κ2) is 7.45. The van der Waals surface area contributed by atoms with E-state index in [0.717, 1.165) is 37.4 Å². The standard InChI is InChI=1S/C21H25N3OS/c1-15-5-6-16-11-17(12-24-8-7-23(2)13-18(24)14-25)21(22-19(16)10-15)20-4-3-9-26-20/h3-6,9-11,18,25H,7-8,12-14H2,1-2H3. The van der Waals surface area contributed by atoms with Crippen LogP contribution >= 0.6 is 11.3 Å². The molecule has 4 rings (SSSR count). The minimum absolute atomic E-state index is 0.179. The van der Waals surface area contributed by atoms with E-state index in [1.807, 2.05) is 0 Å². The van der Waals surface area contributed by atoms with Crippen LogP contribution in [-0.4, -0.2) is 59.2 Å². The van der Waals surface area contributed by atoms with Crippen molar-refractivity contribution in [3.63, 3.8) is 0 Å². The monoisotopic (exact) mass is 367 g/mol. The number of aliphatic hydroxyl groups is 1. The van der Waals surface area contributed by atoms with Gasteiger partial charge in [0.25, 0.3) is 0 Å². The molecule has 2 aromatic heterocycles. The van der Waals surface area contributed by atoms with Crippen molar-refractivity contribution in [2.75, 3.05) is 33.3 Å². The van der Waals surface area contributed by atoms with Crippen molar-refractivity contribution < 1.29 is 5.11 Å². The SMILES string of the molecule is Cc1ccc2cc(CN3CCN(C)CC3CO)c(-c3cccs3)nc2c1. The smallest absolute Gasteiger partial charge is 0.0854 e. The number of piperazine rings is 1. The summed E-state index contributed by atoms with van der Waals surface area (Å²) in [6.07, 6.45) is 0. The summed E-state index contributed by atoms with van der Waals surface area (Å²) >= 11 is 1.73. The zero-order valence-corrected chi connectivity index (χ0v) is 16.2. The van der Waals surface area contributed by atoms with Crippen LogP contribution in [0, 0.1) is 6.92 Å². The number of rotatable bonds is 4. The Hall–Kier alpha value is -1.79. The van der Waals surface area contributed by atoms with Gasteiger partial charge in [-0.3, -0.25) is 4.90 Å². The summed E-state index contributed by atoms with van der Waals surface area (Å²) in [5.74, 6) is 0. The molecule has 0 spiro atoms. The predicted octanol–water partition coefficient (Wildman–Crippen LogP) is 3.38. The van der Waals surface area contributed by atoms with Crippen molar-refractivity contribution in [3.05, 3.63) is 52.9 Å². The van der Waals surface area contributed by atoms with Crippen molar-refractivity contribution >= 4 is 22.2 Å². The number of pyridine rings is 1. The van der Waals surface area contributed by atoms with E-state index >= 15 is 0 Å². The molecule has 0 saturated carbocycles. The topological polar surface area (TPSA) is 39.6 Å². The van der Waals surface area contributed by atoms with Crippen molar-refractivity contribution in [3.8, 4) is 10.6 Å². The van der Waals surface area contributed by atoms with E-state index in [-0.39, 0.29) is 12.6 Å². The first-order valence-corrected chi connectivity index (χ1v) is 9.99. The number of thiophene rings is 1. The zero-order valence-electron chi connectivity index (χ0n) is 15.4. The van der Waals surface area contributed by atoms with Crippen LogP contribution in [-0.2, 0) is 6.54 Å². The number of hydrogen-bond donors (Lipinski definition) is 1. The fraction of sp³-hybridized carbons (Fsp3) is 0.381. The summed E-state index contributed by atoms with van der Waals surface area (Å²) in [6, 6.07) is 13.1. The van der Waals surface area contributed by atoms with Gasteiger partial charge in [0.05, 0.1) is 22.7 Å². The number of benzene rings is 1. The highest BCUT2D eigenvalue weighted by Crippen LogP contribution is 2.31. The van der Waals surface area contributed by atoms with Gasteiger partial charge in [-0.1, -0.05) is 18.2 Å². The first kappa shape index (κ1) is 17.6. The predicted molar refractivity (Wildman–Crippen MR) is 109 cm³/mol. The third-order valence-electron chi connectivity index (χ3n) is 5.20. The third-order valence-corrected chi connectivity index (χ3v) is 6.08. The summed E-state index contributed by atoms with van der Waals surface area (Å²) in [5.41, 5.74) is 4.60. The number of aliphatic hydroxyl groups excluding tert-OH is 1. The highest BCUT2D eigenvalue weighted by molar-refractivity contribution is 7.13. The van der Waals surface area contributed by atoms with E-state index in [1.54, 1.807) is 11.3 Å². The van der Waals surface area contributed by atoms with E-state index in [4.69, 9.17) is 4.98 Å². The average molecular weight is 368 g/mol. The van der Waals surface area contributed by atoms with Crippen molar-refractivity contribution in [1.29, 1.82) is 0 Å². The lowest BCUT2D eigenvalue weighted by Gasteiger charge is -2.39. The Morgan fingerprint density at radius 3 is 2.88 bits per heavy atom. The van der Waals surface area contributed by atoms with E-state index in [9.17, 15) is 5.11 Å². The van der Waals surface area contributed by atoms with Crippen molar-refractivity contribution in [2.45, 2.75) is 19.5 Å². The van der Waals surface area contributed by atoms with E-state index in [1.165, 1.54) is 21.4 Å². The quantitative estimate of drug-likeness (QED) is 0.767. The van der Waals surface area contributed by atoms with Gasteiger partial charge >= 0.3 is 0 Å². The largest absolute Gasteiger partial charge is 0.395 e. The first-order chi connectivity index (χ1) is 12.6. The molecular weight excluding hydrogens is 342 g/mol. The molecule has 1 atom stereocenters. The molecule has 1 fully saturated rings. The highest BCUT2D eigenvalue weighted by atomic mass is 32.1. The van der Waals surface area contributed by atoms with Crippen LogP contribution in [0.2, 0.25) is 0 Å². The summed E-state index contributed by atoms with van der Waals surface area (Å²) in [4.78, 5) is 10.9.